The van der Waals surface area contributed by atoms with E-state index >= 15 is 0 Å². The molecule has 0 aliphatic carbocycles. The first-order valence-electron chi connectivity index (χ1n) is 5.46. The molecular weight excluding hydrogens is 328 g/mol. The minimum atomic E-state index is -4.61. The molecule has 0 radical (unpaired) electrons. The highest BCUT2D eigenvalue weighted by Crippen LogP contribution is 2.36. The van der Waals surface area contributed by atoms with Crippen molar-refractivity contribution >= 4 is 35.6 Å². The quantitative estimate of drug-likeness (QED) is 0.881. The highest BCUT2D eigenvalue weighted by atomic mass is 35.5. The summed E-state index contributed by atoms with van der Waals surface area (Å²) >= 11 is 5.55. The molecule has 1 amide bonds. The van der Waals surface area contributed by atoms with Gasteiger partial charge in [-0.2, -0.15) is 13.2 Å². The molecule has 3 nitrogen and oxygen atoms in total. The number of hydrogen-bond donors (Lipinski definition) is 1. The standard InChI is InChI=1S/C13H8ClF3N2O.ClH/c14-9-3-4-11(10(6-9)13(15,16)17)19-12(20)8-2-1-5-18-7-8;/h1-7H,(H,19,20);1H. The average Bonchev–Trinajstić information content (AvgIpc) is 2.40. The van der Waals surface area contributed by atoms with Crippen LogP contribution in [0.2, 0.25) is 5.02 Å². The van der Waals surface area contributed by atoms with E-state index in [-0.39, 0.29) is 28.7 Å². The molecule has 1 aromatic heterocycles. The topological polar surface area (TPSA) is 42.0 Å². The van der Waals surface area contributed by atoms with E-state index in [0.717, 1.165) is 12.1 Å². The number of halogens is 5. The zero-order chi connectivity index (χ0) is 14.8. The van der Waals surface area contributed by atoms with Gasteiger partial charge in [0.15, 0.2) is 0 Å². The molecule has 1 N–H and O–H groups in total. The molecule has 0 aliphatic heterocycles. The Morgan fingerprint density at radius 1 is 1.24 bits per heavy atom. The van der Waals surface area contributed by atoms with Gasteiger partial charge in [-0.15, -0.1) is 12.4 Å². The first-order chi connectivity index (χ1) is 9.38. The van der Waals surface area contributed by atoms with Crippen molar-refractivity contribution in [3.63, 3.8) is 0 Å². The highest BCUT2D eigenvalue weighted by molar-refractivity contribution is 6.30. The van der Waals surface area contributed by atoms with Crippen LogP contribution in [0.5, 0.6) is 0 Å². The second-order valence-corrected chi connectivity index (χ2v) is 4.32. The van der Waals surface area contributed by atoms with E-state index in [0.29, 0.717) is 0 Å². The summed E-state index contributed by atoms with van der Waals surface area (Å²) in [7, 11) is 0. The predicted octanol–water partition coefficient (Wildman–Crippen LogP) is 4.43. The second kappa shape index (κ2) is 6.78. The fourth-order valence-corrected chi connectivity index (χ4v) is 1.72. The van der Waals surface area contributed by atoms with E-state index in [4.69, 9.17) is 11.6 Å². The predicted molar refractivity (Wildman–Crippen MR) is 75.9 cm³/mol. The van der Waals surface area contributed by atoms with Crippen molar-refractivity contribution in [2.45, 2.75) is 6.18 Å². The maximum Gasteiger partial charge on any atom is 0.418 e. The lowest BCUT2D eigenvalue weighted by molar-refractivity contribution is -0.136. The number of nitrogens with one attached hydrogen (secondary N) is 1. The van der Waals surface area contributed by atoms with Gasteiger partial charge in [0.05, 0.1) is 16.8 Å². The Bertz CT molecular complexity index is 633. The van der Waals surface area contributed by atoms with Crippen LogP contribution >= 0.6 is 24.0 Å². The van der Waals surface area contributed by atoms with Crippen LogP contribution in [0.1, 0.15) is 15.9 Å². The van der Waals surface area contributed by atoms with Gasteiger partial charge in [-0.25, -0.2) is 0 Å². The van der Waals surface area contributed by atoms with Crippen molar-refractivity contribution in [3.05, 3.63) is 58.9 Å². The summed E-state index contributed by atoms with van der Waals surface area (Å²) in [6, 6.07) is 6.11. The summed E-state index contributed by atoms with van der Waals surface area (Å²) < 4.78 is 38.6. The molecule has 0 bridgehead atoms. The Hall–Kier alpha value is -1.79. The number of aromatic nitrogens is 1. The fraction of sp³-hybridized carbons (Fsp3) is 0.0769. The SMILES string of the molecule is Cl.O=C(Nc1ccc(Cl)cc1C(F)(F)F)c1cccnc1. The number of alkyl halides is 3. The molecule has 2 rings (SSSR count). The Balaban J connectivity index is 0.00000220. The van der Waals surface area contributed by atoms with Gasteiger partial charge in [-0.3, -0.25) is 9.78 Å². The van der Waals surface area contributed by atoms with Crippen molar-refractivity contribution in [1.29, 1.82) is 0 Å². The van der Waals surface area contributed by atoms with Gasteiger partial charge in [0.1, 0.15) is 0 Å². The van der Waals surface area contributed by atoms with Gasteiger partial charge < -0.3 is 5.32 Å². The summed E-state index contributed by atoms with van der Waals surface area (Å²) in [5.74, 6) is -0.675. The zero-order valence-corrected chi connectivity index (χ0v) is 11.9. The molecule has 1 heterocycles. The summed E-state index contributed by atoms with van der Waals surface area (Å²) in [6.45, 7) is 0. The summed E-state index contributed by atoms with van der Waals surface area (Å²) in [6.07, 6.45) is -1.89. The number of carbonyl (C=O) groups is 1. The Morgan fingerprint density at radius 3 is 2.52 bits per heavy atom. The average molecular weight is 337 g/mol. The van der Waals surface area contributed by atoms with E-state index in [1.165, 1.54) is 30.6 Å². The van der Waals surface area contributed by atoms with Crippen LogP contribution in [0.25, 0.3) is 0 Å². The number of benzene rings is 1. The monoisotopic (exact) mass is 336 g/mol. The van der Waals surface area contributed by atoms with Crippen molar-refractivity contribution < 1.29 is 18.0 Å². The minimum Gasteiger partial charge on any atom is -0.321 e. The third kappa shape index (κ3) is 4.34. The van der Waals surface area contributed by atoms with Crippen LogP contribution in [-0.2, 0) is 6.18 Å². The number of nitrogens with zero attached hydrogens (tertiary/aromatic N) is 1. The summed E-state index contributed by atoms with van der Waals surface area (Å²) in [5.41, 5.74) is -1.19. The van der Waals surface area contributed by atoms with Gasteiger partial charge >= 0.3 is 6.18 Å². The van der Waals surface area contributed by atoms with Crippen molar-refractivity contribution in [2.24, 2.45) is 0 Å². The smallest absolute Gasteiger partial charge is 0.321 e. The molecular formula is C13H9Cl2F3N2O. The molecule has 0 saturated heterocycles. The number of rotatable bonds is 2. The maximum atomic E-state index is 12.9. The maximum absolute atomic E-state index is 12.9. The Kier molecular flexibility index (Phi) is 5.57. The molecule has 112 valence electrons. The molecule has 0 spiro atoms. The fourth-order valence-electron chi connectivity index (χ4n) is 1.55. The molecule has 0 unspecified atom stereocenters. The molecule has 21 heavy (non-hydrogen) atoms. The third-order valence-electron chi connectivity index (χ3n) is 2.46. The van der Waals surface area contributed by atoms with Crippen LogP contribution in [0.15, 0.2) is 42.7 Å². The van der Waals surface area contributed by atoms with Crippen molar-refractivity contribution in [1.82, 2.24) is 4.98 Å². The molecule has 0 saturated carbocycles. The van der Waals surface area contributed by atoms with E-state index in [9.17, 15) is 18.0 Å². The largest absolute Gasteiger partial charge is 0.418 e. The number of carbonyl (C=O) groups excluding carboxylic acids is 1. The van der Waals surface area contributed by atoms with Crippen LogP contribution in [-0.4, -0.2) is 10.9 Å². The Morgan fingerprint density at radius 2 is 1.95 bits per heavy atom. The molecule has 0 aliphatic rings. The zero-order valence-electron chi connectivity index (χ0n) is 10.3. The number of anilines is 1. The lowest BCUT2D eigenvalue weighted by Crippen LogP contribution is -2.16. The number of pyridine rings is 1. The molecule has 2 aromatic rings. The minimum absolute atomic E-state index is 0. The van der Waals surface area contributed by atoms with E-state index < -0.39 is 17.6 Å². The van der Waals surface area contributed by atoms with Crippen LogP contribution in [0.3, 0.4) is 0 Å². The van der Waals surface area contributed by atoms with Gasteiger partial charge in [0.25, 0.3) is 5.91 Å². The summed E-state index contributed by atoms with van der Waals surface area (Å²) in [5, 5.41) is 2.14. The number of amides is 1. The first kappa shape index (κ1) is 17.3. The molecule has 8 heteroatoms. The molecule has 1 aromatic carbocycles. The van der Waals surface area contributed by atoms with E-state index in [1.807, 2.05) is 0 Å². The Labute approximate surface area is 129 Å². The lowest BCUT2D eigenvalue weighted by atomic mass is 10.1. The van der Waals surface area contributed by atoms with Gasteiger partial charge in [0.2, 0.25) is 0 Å². The summed E-state index contributed by atoms with van der Waals surface area (Å²) in [4.78, 5) is 15.6. The number of hydrogen-bond acceptors (Lipinski definition) is 2. The lowest BCUT2D eigenvalue weighted by Gasteiger charge is -2.14. The van der Waals surface area contributed by atoms with Crippen LogP contribution < -0.4 is 5.32 Å². The van der Waals surface area contributed by atoms with Gasteiger partial charge in [0, 0.05) is 17.4 Å². The van der Waals surface area contributed by atoms with Crippen molar-refractivity contribution in [2.75, 3.05) is 5.32 Å². The first-order valence-corrected chi connectivity index (χ1v) is 5.84. The van der Waals surface area contributed by atoms with E-state index in [1.54, 1.807) is 0 Å². The van der Waals surface area contributed by atoms with Crippen LogP contribution in [0.4, 0.5) is 18.9 Å². The van der Waals surface area contributed by atoms with Gasteiger partial charge in [-0.05, 0) is 30.3 Å². The normalized spacial score (nSPS) is 10.7. The van der Waals surface area contributed by atoms with E-state index in [2.05, 4.69) is 10.3 Å². The highest BCUT2D eigenvalue weighted by Gasteiger charge is 2.34. The van der Waals surface area contributed by atoms with Crippen molar-refractivity contribution in [3.8, 4) is 0 Å². The van der Waals surface area contributed by atoms with Crippen LogP contribution in [0, 0.1) is 0 Å². The van der Waals surface area contributed by atoms with Gasteiger partial charge in [-0.1, -0.05) is 11.6 Å². The second-order valence-electron chi connectivity index (χ2n) is 3.88. The molecule has 0 fully saturated rings. The third-order valence-corrected chi connectivity index (χ3v) is 2.69. The molecule has 0 atom stereocenters.